The number of nitrogens with zero attached hydrogens (tertiary/aromatic N) is 2. The molecule has 0 unspecified atom stereocenters. The van der Waals surface area contributed by atoms with Crippen molar-refractivity contribution in [1.29, 1.82) is 0 Å². The van der Waals surface area contributed by atoms with E-state index in [-0.39, 0.29) is 0 Å². The van der Waals surface area contributed by atoms with E-state index in [4.69, 9.17) is 11.6 Å². The third-order valence-corrected chi connectivity index (χ3v) is 5.68. The van der Waals surface area contributed by atoms with Crippen molar-refractivity contribution in [1.82, 2.24) is 10.3 Å². The molecule has 3 nitrogen and oxygen atoms in total. The highest BCUT2D eigenvalue weighted by molar-refractivity contribution is 9.10. The van der Waals surface area contributed by atoms with Crippen molar-refractivity contribution in [3.8, 4) is 0 Å². The molecule has 2 aliphatic heterocycles. The van der Waals surface area contributed by atoms with E-state index in [2.05, 4.69) is 31.1 Å². The highest BCUT2D eigenvalue weighted by Crippen LogP contribution is 2.42. The molecule has 1 atom stereocenters. The van der Waals surface area contributed by atoms with E-state index in [9.17, 15) is 0 Å². The summed E-state index contributed by atoms with van der Waals surface area (Å²) in [6, 6.07) is 0.558. The Bertz CT molecular complexity index is 443. The molecule has 0 amide bonds. The third-order valence-electron chi connectivity index (χ3n) is 3.23. The molecule has 1 saturated heterocycles. The summed E-state index contributed by atoms with van der Waals surface area (Å²) >= 11 is 11.6. The Morgan fingerprint density at radius 1 is 1.59 bits per heavy atom. The lowest BCUT2D eigenvalue weighted by atomic mass is 10.1. The van der Waals surface area contributed by atoms with Gasteiger partial charge in [0.05, 0.1) is 14.4 Å². The second kappa shape index (κ2) is 4.96. The number of fused-ring (bicyclic) bond motifs is 3. The van der Waals surface area contributed by atoms with Crippen LogP contribution in [0.4, 0.5) is 5.82 Å². The van der Waals surface area contributed by atoms with Crippen molar-refractivity contribution < 1.29 is 0 Å². The van der Waals surface area contributed by atoms with Crippen LogP contribution in [0, 0.1) is 0 Å². The molecule has 1 N–H and O–H groups in total. The van der Waals surface area contributed by atoms with Crippen molar-refractivity contribution in [2.24, 2.45) is 0 Å². The molecule has 17 heavy (non-hydrogen) atoms. The van der Waals surface area contributed by atoms with E-state index in [0.29, 0.717) is 6.04 Å². The van der Waals surface area contributed by atoms with Crippen LogP contribution in [0.2, 0.25) is 5.02 Å². The minimum absolute atomic E-state index is 0.558. The smallest absolute Gasteiger partial charge is 0.144 e. The number of pyridine rings is 1. The molecule has 0 aromatic carbocycles. The molecule has 1 fully saturated rings. The third kappa shape index (κ3) is 2.18. The van der Waals surface area contributed by atoms with Gasteiger partial charge in [0.15, 0.2) is 0 Å². The van der Waals surface area contributed by atoms with E-state index >= 15 is 0 Å². The van der Waals surface area contributed by atoms with Crippen LogP contribution in [0.3, 0.4) is 0 Å². The summed E-state index contributed by atoms with van der Waals surface area (Å²) in [6.07, 6.45) is 2.99. The van der Waals surface area contributed by atoms with Crippen molar-refractivity contribution in [2.75, 3.05) is 30.3 Å². The Morgan fingerprint density at radius 3 is 3.35 bits per heavy atom. The number of halogens is 2. The van der Waals surface area contributed by atoms with Gasteiger partial charge >= 0.3 is 0 Å². The summed E-state index contributed by atoms with van der Waals surface area (Å²) in [5.74, 6) is 2.17. The molecule has 0 aliphatic carbocycles. The summed E-state index contributed by atoms with van der Waals surface area (Å²) in [6.45, 7) is 3.09. The lowest BCUT2D eigenvalue weighted by molar-refractivity contribution is 0.465. The largest absolute Gasteiger partial charge is 0.350 e. The number of aromatic nitrogens is 1. The fraction of sp³-hybridized carbons (Fsp3) is 0.545. The zero-order valence-electron chi connectivity index (χ0n) is 9.25. The molecule has 92 valence electrons. The SMILES string of the molecule is Clc1c(Br)cnc2c1SCC[C@H]1CNCCN21. The average molecular weight is 335 g/mol. The lowest BCUT2D eigenvalue weighted by Crippen LogP contribution is -2.51. The van der Waals surface area contributed by atoms with Crippen LogP contribution in [-0.4, -0.2) is 36.4 Å². The van der Waals surface area contributed by atoms with Gasteiger partial charge < -0.3 is 10.2 Å². The van der Waals surface area contributed by atoms with Crippen LogP contribution in [0.5, 0.6) is 0 Å². The summed E-state index contributed by atoms with van der Waals surface area (Å²) in [7, 11) is 0. The Labute approximate surface area is 118 Å². The zero-order chi connectivity index (χ0) is 11.8. The molecule has 6 heteroatoms. The van der Waals surface area contributed by atoms with Gasteiger partial charge in [0.2, 0.25) is 0 Å². The van der Waals surface area contributed by atoms with Gasteiger partial charge in [0.25, 0.3) is 0 Å². The average Bonchev–Trinajstić information content (AvgIpc) is 2.54. The van der Waals surface area contributed by atoms with Gasteiger partial charge in [-0.3, -0.25) is 0 Å². The molecule has 3 rings (SSSR count). The predicted octanol–water partition coefficient (Wildman–Crippen LogP) is 2.77. The number of nitrogens with one attached hydrogen (secondary N) is 1. The van der Waals surface area contributed by atoms with E-state index in [1.807, 2.05) is 18.0 Å². The Kier molecular flexibility index (Phi) is 3.52. The monoisotopic (exact) mass is 333 g/mol. The number of piperazine rings is 1. The first-order chi connectivity index (χ1) is 8.27. The van der Waals surface area contributed by atoms with Crippen LogP contribution in [0.1, 0.15) is 6.42 Å². The molecule has 0 spiro atoms. The summed E-state index contributed by atoms with van der Waals surface area (Å²) in [5.41, 5.74) is 0. The molecule has 2 aliphatic rings. The summed E-state index contributed by atoms with van der Waals surface area (Å²) in [5, 5.41) is 4.25. The van der Waals surface area contributed by atoms with Gasteiger partial charge in [0, 0.05) is 37.6 Å². The Hall–Kier alpha value is 0.0300. The lowest BCUT2D eigenvalue weighted by Gasteiger charge is -2.36. The maximum absolute atomic E-state index is 6.36. The minimum Gasteiger partial charge on any atom is -0.350 e. The maximum atomic E-state index is 6.36. The second-order valence-electron chi connectivity index (χ2n) is 4.26. The predicted molar refractivity (Wildman–Crippen MR) is 76.3 cm³/mol. The molecule has 0 radical (unpaired) electrons. The Balaban J connectivity index is 2.06. The van der Waals surface area contributed by atoms with Gasteiger partial charge in [-0.25, -0.2) is 4.98 Å². The van der Waals surface area contributed by atoms with Gasteiger partial charge in [-0.15, -0.1) is 11.8 Å². The van der Waals surface area contributed by atoms with Crippen LogP contribution in [0.15, 0.2) is 15.6 Å². The van der Waals surface area contributed by atoms with Crippen molar-refractivity contribution >= 4 is 45.1 Å². The zero-order valence-corrected chi connectivity index (χ0v) is 12.4. The first-order valence-electron chi connectivity index (χ1n) is 5.71. The molecule has 3 heterocycles. The first kappa shape index (κ1) is 12.1. The minimum atomic E-state index is 0.558. The van der Waals surface area contributed by atoms with E-state index < -0.39 is 0 Å². The quantitative estimate of drug-likeness (QED) is 0.790. The van der Waals surface area contributed by atoms with Crippen LogP contribution in [0.25, 0.3) is 0 Å². The first-order valence-corrected chi connectivity index (χ1v) is 7.87. The normalized spacial score (nSPS) is 23.9. The van der Waals surface area contributed by atoms with E-state index in [1.54, 1.807) is 0 Å². The molecule has 1 aromatic rings. The highest BCUT2D eigenvalue weighted by Gasteiger charge is 2.29. The molecule has 0 saturated carbocycles. The van der Waals surface area contributed by atoms with E-state index in [1.165, 1.54) is 6.42 Å². The summed E-state index contributed by atoms with van der Waals surface area (Å²) in [4.78, 5) is 8.11. The van der Waals surface area contributed by atoms with Crippen LogP contribution in [-0.2, 0) is 0 Å². The highest BCUT2D eigenvalue weighted by atomic mass is 79.9. The molecule has 1 aromatic heterocycles. The topological polar surface area (TPSA) is 28.2 Å². The summed E-state index contributed by atoms with van der Waals surface area (Å²) < 4.78 is 0.888. The number of hydrogen-bond donors (Lipinski definition) is 1. The van der Waals surface area contributed by atoms with E-state index in [0.717, 1.165) is 45.6 Å². The van der Waals surface area contributed by atoms with Crippen molar-refractivity contribution in [3.05, 3.63) is 15.7 Å². The van der Waals surface area contributed by atoms with Gasteiger partial charge in [-0.2, -0.15) is 0 Å². The van der Waals surface area contributed by atoms with Crippen molar-refractivity contribution in [2.45, 2.75) is 17.4 Å². The standard InChI is InChI=1S/C11H13BrClN3S/c12-8-6-15-11-10(9(8)13)17-4-1-7-5-14-2-3-16(7)11/h6-7,14H,1-5H2/t7-/m0/s1. The fourth-order valence-electron chi connectivity index (χ4n) is 2.37. The fourth-order valence-corrected chi connectivity index (χ4v) is 4.23. The molecular formula is C11H13BrClN3S. The molecule has 0 bridgehead atoms. The van der Waals surface area contributed by atoms with Crippen LogP contribution >= 0.6 is 39.3 Å². The van der Waals surface area contributed by atoms with Crippen LogP contribution < -0.4 is 10.2 Å². The number of thioether (sulfide) groups is 1. The maximum Gasteiger partial charge on any atom is 0.144 e. The van der Waals surface area contributed by atoms with Crippen molar-refractivity contribution in [3.63, 3.8) is 0 Å². The Morgan fingerprint density at radius 2 is 2.47 bits per heavy atom. The second-order valence-corrected chi connectivity index (χ2v) is 6.60. The number of rotatable bonds is 0. The van der Waals surface area contributed by atoms with Gasteiger partial charge in [0.1, 0.15) is 5.82 Å². The number of anilines is 1. The van der Waals surface area contributed by atoms with Gasteiger partial charge in [-0.05, 0) is 22.4 Å². The van der Waals surface area contributed by atoms with Gasteiger partial charge in [-0.1, -0.05) is 11.6 Å². The number of hydrogen-bond acceptors (Lipinski definition) is 4. The molecular weight excluding hydrogens is 322 g/mol.